The van der Waals surface area contributed by atoms with Crippen molar-refractivity contribution >= 4 is 52.2 Å². The van der Waals surface area contributed by atoms with E-state index in [4.69, 9.17) is 4.52 Å². The lowest BCUT2D eigenvalue weighted by Gasteiger charge is -2.44. The molecular weight excluding hydrogens is 1100 g/mol. The van der Waals surface area contributed by atoms with E-state index >= 15 is 4.39 Å². The third-order valence-electron chi connectivity index (χ3n) is 15.5. The van der Waals surface area contributed by atoms with Crippen molar-refractivity contribution in [1.29, 1.82) is 0 Å². The Hall–Kier alpha value is -7.76. The van der Waals surface area contributed by atoms with Gasteiger partial charge in [-0.3, -0.25) is 33.7 Å². The number of likely N-dealkylation sites (tertiary alicyclic amines) is 1. The van der Waals surface area contributed by atoms with Gasteiger partial charge in [-0.15, -0.1) is 11.3 Å². The number of benzene rings is 3. The smallest absolute Gasteiger partial charge is 0.391 e. The van der Waals surface area contributed by atoms with E-state index in [0.29, 0.717) is 80.3 Å². The molecule has 5 heterocycles. The van der Waals surface area contributed by atoms with E-state index in [0.717, 1.165) is 22.2 Å². The van der Waals surface area contributed by atoms with Crippen LogP contribution in [0.3, 0.4) is 0 Å². The lowest BCUT2D eigenvalue weighted by Crippen LogP contribution is -2.55. The number of thiazole rings is 1. The number of β-amino-alcohol motifs (C(OH)–C–C–N with tert-alkyl or cyclic N) is 1. The second-order valence-corrected chi connectivity index (χ2v) is 22.8. The molecule has 2 fully saturated rings. The Labute approximate surface area is 482 Å². The van der Waals surface area contributed by atoms with Crippen molar-refractivity contribution in [3.63, 3.8) is 0 Å². The second kappa shape index (κ2) is 26.7. The Morgan fingerprint density at radius 1 is 0.867 bits per heavy atom. The molecule has 6 aromatic rings. The van der Waals surface area contributed by atoms with Gasteiger partial charge >= 0.3 is 6.18 Å². The summed E-state index contributed by atoms with van der Waals surface area (Å²) in [5.74, 6) is -4.13. The summed E-state index contributed by atoms with van der Waals surface area (Å²) in [6.45, 7) is 13.1. The van der Waals surface area contributed by atoms with E-state index in [-0.39, 0.29) is 78.1 Å². The van der Waals surface area contributed by atoms with Crippen LogP contribution in [-0.2, 0) is 20.6 Å². The number of aliphatic hydroxyl groups excluding tert-OH is 1. The number of likely N-dealkylation sites (N-methyl/N-ethyl adjacent to an activating group) is 1. The second-order valence-electron chi connectivity index (χ2n) is 21.9. The number of nitrogens with zero attached hydrogens (tertiary/aromatic N) is 5. The highest BCUT2D eigenvalue weighted by Crippen LogP contribution is 2.38. The molecule has 5 amide bonds. The largest absolute Gasteiger partial charge is 0.417 e. The average molecular weight is 1170 g/mol. The van der Waals surface area contributed by atoms with Crippen LogP contribution >= 0.6 is 11.3 Å². The Balaban J connectivity index is 0.847. The number of alkyl halides is 3. The number of rotatable bonds is 21. The maximum Gasteiger partial charge on any atom is 0.417 e. The first-order valence-electron chi connectivity index (χ1n) is 27.8. The predicted molar refractivity (Wildman–Crippen MR) is 307 cm³/mol. The molecule has 0 radical (unpaired) electrons. The number of aliphatic hydroxyl groups is 1. The monoisotopic (exact) mass is 1170 g/mol. The van der Waals surface area contributed by atoms with E-state index in [1.807, 2.05) is 70.8 Å². The van der Waals surface area contributed by atoms with Gasteiger partial charge < -0.3 is 45.7 Å². The Kier molecular flexibility index (Phi) is 19.7. The molecular formula is C60H70F4N10O8S. The molecule has 2 saturated heterocycles. The van der Waals surface area contributed by atoms with Crippen LogP contribution < -0.4 is 31.7 Å². The Morgan fingerprint density at radius 3 is 2.18 bits per heavy atom. The quantitative estimate of drug-likeness (QED) is 0.0293. The highest BCUT2D eigenvalue weighted by molar-refractivity contribution is 7.13. The molecule has 442 valence electrons. The van der Waals surface area contributed by atoms with Crippen LogP contribution in [0.4, 0.5) is 28.9 Å². The SMILES string of the molecule is Cc1cc([C@H](C(=O)N2C[C@H](O)C[C@H]2C(=O)N[C@@H](CC(=O)NCCCCCCNC(=O)c2ccc(-c3ccc(N4C[C@@H](C)N(C)[C@@H](C)C4)c(NC(=O)c4c[nH]c(=O)cc4C(F)(F)F)c3)c(F)c2)c2ccc(-c3scnc3C)cc2)C(C)C)on1. The zero-order valence-corrected chi connectivity index (χ0v) is 48.2. The van der Waals surface area contributed by atoms with Crippen molar-refractivity contribution in [2.24, 2.45) is 5.92 Å². The van der Waals surface area contributed by atoms with Gasteiger partial charge in [-0.05, 0) is 94.5 Å². The molecule has 18 nitrogen and oxygen atoms in total. The molecule has 0 saturated carbocycles. The average Bonchev–Trinajstić information content (AvgIpc) is 4.37. The minimum atomic E-state index is -5.00. The number of hydrogen-bond donors (Lipinski definition) is 6. The molecule has 6 atom stereocenters. The normalized spacial score (nSPS) is 18.2. The lowest BCUT2D eigenvalue weighted by molar-refractivity contribution is -0.141. The third kappa shape index (κ3) is 14.9. The molecule has 0 aliphatic carbocycles. The van der Waals surface area contributed by atoms with E-state index in [1.165, 1.54) is 34.4 Å². The zero-order chi connectivity index (χ0) is 59.9. The zero-order valence-electron chi connectivity index (χ0n) is 47.4. The van der Waals surface area contributed by atoms with Crippen LogP contribution in [-0.4, -0.2) is 124 Å². The number of halogens is 4. The number of unbranched alkanes of at least 4 members (excludes halogenated alkanes) is 3. The lowest BCUT2D eigenvalue weighted by atomic mass is 9.91. The fourth-order valence-corrected chi connectivity index (χ4v) is 11.6. The number of H-pyrrole nitrogens is 1. The van der Waals surface area contributed by atoms with Crippen LogP contribution in [0.1, 0.15) is 127 Å². The van der Waals surface area contributed by atoms with Gasteiger partial charge in [0.25, 0.3) is 11.8 Å². The van der Waals surface area contributed by atoms with E-state index in [2.05, 4.69) is 41.3 Å². The molecule has 83 heavy (non-hydrogen) atoms. The number of aromatic nitrogens is 3. The maximum absolute atomic E-state index is 16.0. The highest BCUT2D eigenvalue weighted by atomic mass is 32.1. The minimum Gasteiger partial charge on any atom is -0.391 e. The number of aromatic amines is 1. The van der Waals surface area contributed by atoms with Gasteiger partial charge in [0.15, 0.2) is 0 Å². The summed E-state index contributed by atoms with van der Waals surface area (Å²) >= 11 is 1.50. The molecule has 0 unspecified atom stereocenters. The van der Waals surface area contributed by atoms with Crippen molar-refractivity contribution < 1.29 is 51.2 Å². The number of anilines is 2. The summed E-state index contributed by atoms with van der Waals surface area (Å²) in [6.07, 6.45) is -2.71. The van der Waals surface area contributed by atoms with E-state index in [1.54, 1.807) is 30.6 Å². The maximum atomic E-state index is 16.0. The van der Waals surface area contributed by atoms with Gasteiger partial charge in [0.05, 0.1) is 62.8 Å². The summed E-state index contributed by atoms with van der Waals surface area (Å²) < 4.78 is 63.5. The van der Waals surface area contributed by atoms with Crippen LogP contribution in [0, 0.1) is 25.6 Å². The molecule has 6 N–H and O–H groups in total. The third-order valence-corrected chi connectivity index (χ3v) is 16.4. The molecule has 3 aromatic carbocycles. The number of hydrogen-bond acceptors (Lipinski definition) is 13. The Bertz CT molecular complexity index is 3350. The Morgan fingerprint density at radius 2 is 1.55 bits per heavy atom. The first-order valence-corrected chi connectivity index (χ1v) is 28.6. The summed E-state index contributed by atoms with van der Waals surface area (Å²) in [5, 5.41) is 26.1. The number of pyridine rings is 1. The van der Waals surface area contributed by atoms with Crippen molar-refractivity contribution in [1.82, 2.24) is 40.9 Å². The summed E-state index contributed by atoms with van der Waals surface area (Å²) in [4.78, 5) is 93.6. The predicted octanol–water partition coefficient (Wildman–Crippen LogP) is 8.76. The van der Waals surface area contributed by atoms with Crippen LogP contribution in [0.15, 0.2) is 93.8 Å². The number of amides is 5. The van der Waals surface area contributed by atoms with Crippen molar-refractivity contribution in [3.8, 4) is 21.6 Å². The molecule has 0 bridgehead atoms. The number of carbonyl (C=O) groups excluding carboxylic acids is 5. The fraction of sp³-hybridized carbons (Fsp3) is 0.433. The van der Waals surface area contributed by atoms with E-state index in [9.17, 15) is 47.0 Å². The van der Waals surface area contributed by atoms with Crippen LogP contribution in [0.2, 0.25) is 0 Å². The topological polar surface area (TPSA) is 235 Å². The van der Waals surface area contributed by atoms with Gasteiger partial charge in [-0.25, -0.2) is 9.37 Å². The van der Waals surface area contributed by atoms with Gasteiger partial charge in [-0.2, -0.15) is 13.2 Å². The van der Waals surface area contributed by atoms with Gasteiger partial charge in [0.1, 0.15) is 23.5 Å². The molecule has 8 rings (SSSR count). The number of carbonyl (C=O) groups is 5. The summed E-state index contributed by atoms with van der Waals surface area (Å²) in [6, 6.07) is 16.7. The van der Waals surface area contributed by atoms with Crippen molar-refractivity contribution in [2.75, 3.05) is 50.0 Å². The summed E-state index contributed by atoms with van der Waals surface area (Å²) in [7, 11) is 1.99. The summed E-state index contributed by atoms with van der Waals surface area (Å²) in [5.41, 5.74) is 2.66. The molecule has 0 spiro atoms. The molecule has 3 aromatic heterocycles. The minimum absolute atomic E-state index is 0.0159. The van der Waals surface area contributed by atoms with E-state index < -0.39 is 70.5 Å². The number of nitrogens with one attached hydrogen (secondary N) is 5. The molecule has 23 heteroatoms. The first kappa shape index (κ1) is 61.3. The standard InChI is InChI=1S/C60H70F4N10O8S/c1-33(2)54(51-22-34(3)71-82-51)59(81)74-31-42(75)25-50(74)58(80)69-47(38-12-14-39(15-13-38)55-37(6)68-32-83-55)27-53(77)65-20-10-8-9-11-21-66-56(78)41-16-18-43(46(61)23-41)40-17-19-49(73-29-35(4)72(7)36(5)30-73)48(24-40)70-57(79)44-28-67-52(76)26-45(44)60(62,63)64/h12-19,22-24,26,28,32-33,35-36,42,47,50,54,75H,8-11,20-21,25,27,29-31H2,1-7H3,(H,65,77)(H,66,78)(H,67,76)(H,69,80)(H,70,79)/t35-,36+,42-,47+,50+,54-/m1/s1. The van der Waals surface area contributed by atoms with Crippen LogP contribution in [0.25, 0.3) is 21.6 Å². The number of aryl methyl sites for hydroxylation is 2. The highest BCUT2D eigenvalue weighted by Gasteiger charge is 2.44. The molecule has 2 aliphatic heterocycles. The van der Waals surface area contributed by atoms with Crippen molar-refractivity contribution in [2.45, 2.75) is 122 Å². The van der Waals surface area contributed by atoms with Crippen molar-refractivity contribution in [3.05, 3.63) is 140 Å². The van der Waals surface area contributed by atoms with Gasteiger partial charge in [0, 0.05) is 80.7 Å². The first-order chi connectivity index (χ1) is 39.5. The van der Waals surface area contributed by atoms with Gasteiger partial charge in [-0.1, -0.05) is 68.2 Å². The molecule has 2 aliphatic rings. The fourth-order valence-electron chi connectivity index (χ4n) is 10.8. The van der Waals surface area contributed by atoms with Crippen LogP contribution in [0.5, 0.6) is 0 Å². The van der Waals surface area contributed by atoms with Gasteiger partial charge in [0.2, 0.25) is 23.3 Å². The number of piperazine rings is 1.